The molecule has 25 heavy (non-hydrogen) atoms. The molecule has 0 aliphatic carbocycles. The Bertz CT molecular complexity index is 766. The molecule has 0 radical (unpaired) electrons. The molecular weight excluding hydrogens is 334 g/mol. The Morgan fingerprint density at radius 1 is 1.32 bits per heavy atom. The molecule has 1 N–H and O–H groups in total. The Morgan fingerprint density at radius 2 is 2.08 bits per heavy atom. The van der Waals surface area contributed by atoms with Crippen LogP contribution in [0.4, 0.5) is 0 Å². The number of carbonyl (C=O) groups is 1. The number of amides is 1. The molecule has 1 amide bonds. The summed E-state index contributed by atoms with van der Waals surface area (Å²) in [4.78, 5) is 20.3. The number of methoxy groups -OCH3 is 1. The highest BCUT2D eigenvalue weighted by Crippen LogP contribution is 2.34. The lowest BCUT2D eigenvalue weighted by Crippen LogP contribution is -2.62. The molecule has 4 heterocycles. The van der Waals surface area contributed by atoms with Crippen LogP contribution in [0.15, 0.2) is 30.5 Å². The lowest BCUT2D eigenvalue weighted by Gasteiger charge is -2.49. The number of para-hydroxylation sites is 1. The van der Waals surface area contributed by atoms with Gasteiger partial charge in [0.1, 0.15) is 15.6 Å². The molecule has 132 valence electrons. The molecule has 0 unspecified atom stereocenters. The van der Waals surface area contributed by atoms with E-state index < -0.39 is 0 Å². The van der Waals surface area contributed by atoms with Gasteiger partial charge in [0.2, 0.25) is 0 Å². The van der Waals surface area contributed by atoms with Crippen molar-refractivity contribution in [1.29, 1.82) is 0 Å². The van der Waals surface area contributed by atoms with Crippen molar-refractivity contribution in [3.05, 3.63) is 35.3 Å². The van der Waals surface area contributed by atoms with E-state index in [1.807, 2.05) is 24.3 Å². The zero-order valence-electron chi connectivity index (χ0n) is 14.6. The first kappa shape index (κ1) is 16.5. The van der Waals surface area contributed by atoms with Gasteiger partial charge in [-0.05, 0) is 50.9 Å². The summed E-state index contributed by atoms with van der Waals surface area (Å²) in [5.74, 6) is 1.37. The number of benzene rings is 1. The summed E-state index contributed by atoms with van der Waals surface area (Å²) < 4.78 is 5.40. The molecule has 3 saturated heterocycles. The van der Waals surface area contributed by atoms with Crippen LogP contribution in [0.2, 0.25) is 0 Å². The van der Waals surface area contributed by atoms with Crippen LogP contribution in [0.1, 0.15) is 29.4 Å². The third-order valence-electron chi connectivity index (χ3n) is 5.54. The van der Waals surface area contributed by atoms with Crippen molar-refractivity contribution in [1.82, 2.24) is 15.2 Å². The zero-order valence-corrected chi connectivity index (χ0v) is 15.4. The van der Waals surface area contributed by atoms with Crippen LogP contribution in [0.3, 0.4) is 0 Å². The highest BCUT2D eigenvalue weighted by molar-refractivity contribution is 7.16. The van der Waals surface area contributed by atoms with E-state index in [1.165, 1.54) is 24.2 Å². The maximum Gasteiger partial charge on any atom is 0.263 e. The van der Waals surface area contributed by atoms with E-state index >= 15 is 0 Å². The van der Waals surface area contributed by atoms with Crippen molar-refractivity contribution < 1.29 is 9.53 Å². The van der Waals surface area contributed by atoms with E-state index in [9.17, 15) is 4.79 Å². The van der Waals surface area contributed by atoms with Crippen LogP contribution >= 0.6 is 11.3 Å². The topological polar surface area (TPSA) is 54.5 Å². The predicted octanol–water partition coefficient (Wildman–Crippen LogP) is 3.03. The third kappa shape index (κ3) is 3.04. The molecule has 2 atom stereocenters. The fraction of sp³-hybridized carbons (Fsp3) is 0.474. The third-order valence-corrected chi connectivity index (χ3v) is 6.57. The molecule has 6 heteroatoms. The van der Waals surface area contributed by atoms with Gasteiger partial charge in [0.25, 0.3) is 5.91 Å². The molecule has 0 spiro atoms. The Balaban J connectivity index is 1.51. The van der Waals surface area contributed by atoms with Crippen molar-refractivity contribution in [2.75, 3.05) is 20.2 Å². The van der Waals surface area contributed by atoms with Crippen molar-refractivity contribution >= 4 is 17.2 Å². The first-order valence-corrected chi connectivity index (χ1v) is 9.63. The first-order valence-electron chi connectivity index (χ1n) is 8.81. The highest BCUT2D eigenvalue weighted by Gasteiger charge is 2.40. The second kappa shape index (κ2) is 6.77. The quantitative estimate of drug-likeness (QED) is 0.914. The van der Waals surface area contributed by atoms with Gasteiger partial charge in [-0.25, -0.2) is 4.98 Å². The van der Waals surface area contributed by atoms with Gasteiger partial charge in [0, 0.05) is 12.1 Å². The molecule has 2 aromatic rings. The SMILES string of the molecule is COc1ccccc1-c1ncc(C(=O)N[C@@H]2C3CCN(CC3)[C@H]2C)s1. The van der Waals surface area contributed by atoms with Crippen LogP contribution in [0.25, 0.3) is 10.6 Å². The molecule has 2 bridgehead atoms. The van der Waals surface area contributed by atoms with Crippen LogP contribution in [-0.2, 0) is 0 Å². The van der Waals surface area contributed by atoms with Crippen LogP contribution < -0.4 is 10.1 Å². The van der Waals surface area contributed by atoms with E-state index in [2.05, 4.69) is 22.1 Å². The van der Waals surface area contributed by atoms with Gasteiger partial charge in [0.15, 0.2) is 0 Å². The van der Waals surface area contributed by atoms with Crippen molar-refractivity contribution in [3.8, 4) is 16.3 Å². The van der Waals surface area contributed by atoms with Gasteiger partial charge in [-0.1, -0.05) is 12.1 Å². The number of ether oxygens (including phenoxy) is 1. The summed E-state index contributed by atoms with van der Waals surface area (Å²) >= 11 is 1.42. The summed E-state index contributed by atoms with van der Waals surface area (Å²) in [6, 6.07) is 8.41. The molecule has 5 rings (SSSR count). The van der Waals surface area contributed by atoms with Gasteiger partial charge in [0.05, 0.1) is 18.9 Å². The number of nitrogens with one attached hydrogen (secondary N) is 1. The Labute approximate surface area is 152 Å². The zero-order chi connectivity index (χ0) is 17.4. The van der Waals surface area contributed by atoms with Crippen LogP contribution in [0, 0.1) is 5.92 Å². The minimum Gasteiger partial charge on any atom is -0.496 e. The van der Waals surface area contributed by atoms with E-state index in [1.54, 1.807) is 13.3 Å². The molecule has 5 nitrogen and oxygen atoms in total. The second-order valence-electron chi connectivity index (χ2n) is 6.84. The van der Waals surface area contributed by atoms with Gasteiger partial charge >= 0.3 is 0 Å². The van der Waals surface area contributed by atoms with Gasteiger partial charge in [-0.3, -0.25) is 9.69 Å². The van der Waals surface area contributed by atoms with Crippen molar-refractivity contribution in [2.45, 2.75) is 31.8 Å². The predicted molar refractivity (Wildman–Crippen MR) is 99.1 cm³/mol. The monoisotopic (exact) mass is 357 g/mol. The fourth-order valence-corrected chi connectivity index (χ4v) is 4.94. The minimum atomic E-state index is -0.00996. The normalized spacial score (nSPS) is 27.9. The largest absolute Gasteiger partial charge is 0.496 e. The Kier molecular flexibility index (Phi) is 4.48. The summed E-state index contributed by atoms with van der Waals surface area (Å²) in [5.41, 5.74) is 0.922. The molecule has 3 aliphatic heterocycles. The van der Waals surface area contributed by atoms with Crippen LogP contribution in [0.5, 0.6) is 5.75 Å². The lowest BCUT2D eigenvalue weighted by atomic mass is 9.79. The van der Waals surface area contributed by atoms with E-state index in [0.29, 0.717) is 16.8 Å². The molecule has 0 saturated carbocycles. The van der Waals surface area contributed by atoms with E-state index in [0.717, 1.165) is 29.4 Å². The van der Waals surface area contributed by atoms with Crippen molar-refractivity contribution in [2.24, 2.45) is 5.92 Å². The molecule has 1 aromatic heterocycles. The highest BCUT2D eigenvalue weighted by atomic mass is 32.1. The van der Waals surface area contributed by atoms with E-state index in [-0.39, 0.29) is 11.9 Å². The number of carbonyl (C=O) groups excluding carboxylic acids is 1. The number of hydrogen-bond acceptors (Lipinski definition) is 5. The second-order valence-corrected chi connectivity index (χ2v) is 7.87. The summed E-state index contributed by atoms with van der Waals surface area (Å²) in [6.45, 7) is 4.55. The lowest BCUT2D eigenvalue weighted by molar-refractivity contribution is 0.0218. The standard InChI is InChI=1S/C19H23N3O2S/c1-12-17(13-7-9-22(12)10-8-13)21-18(23)16-11-20-19(25-16)14-5-3-4-6-15(14)24-2/h3-6,11-13,17H,7-10H2,1-2H3,(H,21,23)/t12-,17-/m0/s1. The average Bonchev–Trinajstić information content (AvgIpc) is 3.15. The molecular formula is C19H23N3O2S. The number of hydrogen-bond donors (Lipinski definition) is 1. The number of nitrogens with zero attached hydrogens (tertiary/aromatic N) is 2. The van der Waals surface area contributed by atoms with Gasteiger partial charge < -0.3 is 10.1 Å². The Morgan fingerprint density at radius 3 is 2.80 bits per heavy atom. The van der Waals surface area contributed by atoms with E-state index in [4.69, 9.17) is 4.74 Å². The molecule has 3 fully saturated rings. The number of fused-ring (bicyclic) bond motifs is 3. The van der Waals surface area contributed by atoms with Gasteiger partial charge in [-0.2, -0.15) is 0 Å². The number of aromatic nitrogens is 1. The Hall–Kier alpha value is -1.92. The van der Waals surface area contributed by atoms with Crippen LogP contribution in [-0.4, -0.2) is 48.1 Å². The molecule has 3 aliphatic rings. The maximum atomic E-state index is 12.7. The number of rotatable bonds is 4. The smallest absolute Gasteiger partial charge is 0.263 e. The van der Waals surface area contributed by atoms with Crippen molar-refractivity contribution in [3.63, 3.8) is 0 Å². The average molecular weight is 357 g/mol. The number of thiazole rings is 1. The maximum absolute atomic E-state index is 12.7. The summed E-state index contributed by atoms with van der Waals surface area (Å²) in [7, 11) is 1.65. The van der Waals surface area contributed by atoms with Gasteiger partial charge in [-0.15, -0.1) is 11.3 Å². The summed E-state index contributed by atoms with van der Waals surface area (Å²) in [5, 5.41) is 4.08. The minimum absolute atomic E-state index is 0.00996. The fourth-order valence-electron chi connectivity index (χ4n) is 4.09. The summed E-state index contributed by atoms with van der Waals surface area (Å²) in [6.07, 6.45) is 4.04. The number of piperidine rings is 3. The first-order chi connectivity index (χ1) is 12.2. The molecule has 1 aromatic carbocycles.